The maximum atomic E-state index is 11.9. The van der Waals surface area contributed by atoms with Crippen LogP contribution in [-0.2, 0) is 27.8 Å². The predicted molar refractivity (Wildman–Crippen MR) is 94.0 cm³/mol. The molecular weight excluding hydrogens is 324 g/mol. The average Bonchev–Trinajstić information content (AvgIpc) is 2.60. The lowest BCUT2D eigenvalue weighted by Gasteiger charge is -2.07. The van der Waals surface area contributed by atoms with Gasteiger partial charge in [0, 0.05) is 13.0 Å². The Morgan fingerprint density at radius 3 is 2.12 bits per heavy atom. The van der Waals surface area contributed by atoms with Gasteiger partial charge in [-0.1, -0.05) is 42.0 Å². The topological polar surface area (TPSA) is 75.3 Å². The molecule has 0 aromatic heterocycles. The zero-order valence-electron chi connectivity index (χ0n) is 13.9. The van der Waals surface area contributed by atoms with Gasteiger partial charge in [0.25, 0.3) is 0 Å². The lowest BCUT2D eigenvalue weighted by atomic mass is 10.1. The number of benzene rings is 2. The first-order valence-corrected chi connectivity index (χ1v) is 9.24. The van der Waals surface area contributed by atoms with E-state index in [0.717, 1.165) is 11.1 Å². The van der Waals surface area contributed by atoms with Crippen molar-refractivity contribution in [3.8, 4) is 0 Å². The quantitative estimate of drug-likeness (QED) is 0.807. The van der Waals surface area contributed by atoms with Gasteiger partial charge in [0.15, 0.2) is 0 Å². The Morgan fingerprint density at radius 1 is 0.958 bits per heavy atom. The molecule has 2 rings (SSSR count). The van der Waals surface area contributed by atoms with Crippen LogP contribution >= 0.6 is 0 Å². The number of nitrogens with one attached hydrogen (secondary N) is 2. The number of hydrogen-bond donors (Lipinski definition) is 2. The Morgan fingerprint density at radius 2 is 1.54 bits per heavy atom. The SMILES string of the molecule is CNS(=O)(=O)c1ccc(CCC(=O)NCc2ccc(C)cc2)cc1. The van der Waals surface area contributed by atoms with Crippen molar-refractivity contribution in [3.63, 3.8) is 0 Å². The fourth-order valence-corrected chi connectivity index (χ4v) is 2.94. The molecule has 0 radical (unpaired) electrons. The minimum atomic E-state index is -3.42. The number of carbonyl (C=O) groups is 1. The van der Waals surface area contributed by atoms with Crippen molar-refractivity contribution >= 4 is 15.9 Å². The summed E-state index contributed by atoms with van der Waals surface area (Å²) < 4.78 is 25.6. The first-order valence-electron chi connectivity index (χ1n) is 7.75. The van der Waals surface area contributed by atoms with Gasteiger partial charge in [0.1, 0.15) is 0 Å². The zero-order valence-corrected chi connectivity index (χ0v) is 14.7. The standard InChI is InChI=1S/C18H22N2O3S/c1-14-3-5-16(6-4-14)13-20-18(21)12-9-15-7-10-17(11-8-15)24(22,23)19-2/h3-8,10-11,19H,9,12-13H2,1-2H3,(H,20,21). The van der Waals surface area contributed by atoms with E-state index in [-0.39, 0.29) is 10.8 Å². The van der Waals surface area contributed by atoms with E-state index in [1.165, 1.54) is 12.6 Å². The van der Waals surface area contributed by atoms with Crippen LogP contribution in [0.5, 0.6) is 0 Å². The largest absolute Gasteiger partial charge is 0.352 e. The molecule has 0 fully saturated rings. The number of rotatable bonds is 7. The van der Waals surface area contributed by atoms with E-state index in [2.05, 4.69) is 10.0 Å². The van der Waals surface area contributed by atoms with Crippen LogP contribution in [0.3, 0.4) is 0 Å². The molecule has 2 aromatic rings. The van der Waals surface area contributed by atoms with Gasteiger partial charge in [-0.05, 0) is 43.7 Å². The van der Waals surface area contributed by atoms with E-state index < -0.39 is 10.0 Å². The highest BCUT2D eigenvalue weighted by molar-refractivity contribution is 7.89. The summed E-state index contributed by atoms with van der Waals surface area (Å²) >= 11 is 0. The highest BCUT2D eigenvalue weighted by Crippen LogP contribution is 2.11. The van der Waals surface area contributed by atoms with Crippen molar-refractivity contribution in [1.82, 2.24) is 10.0 Å². The van der Waals surface area contributed by atoms with Crippen molar-refractivity contribution in [2.45, 2.75) is 31.2 Å². The Kier molecular flexibility index (Phi) is 6.11. The molecule has 0 heterocycles. The fraction of sp³-hybridized carbons (Fsp3) is 0.278. The molecular formula is C18H22N2O3S. The van der Waals surface area contributed by atoms with E-state index in [1.807, 2.05) is 31.2 Å². The number of aryl methyl sites for hydroxylation is 2. The van der Waals surface area contributed by atoms with Gasteiger partial charge in [0.2, 0.25) is 15.9 Å². The summed E-state index contributed by atoms with van der Waals surface area (Å²) in [6.07, 6.45) is 0.934. The highest BCUT2D eigenvalue weighted by Gasteiger charge is 2.10. The van der Waals surface area contributed by atoms with E-state index >= 15 is 0 Å². The van der Waals surface area contributed by atoms with E-state index in [1.54, 1.807) is 24.3 Å². The molecule has 2 aromatic carbocycles. The minimum Gasteiger partial charge on any atom is -0.352 e. The Labute approximate surface area is 143 Å². The number of carbonyl (C=O) groups excluding carboxylic acids is 1. The van der Waals surface area contributed by atoms with Crippen molar-refractivity contribution in [3.05, 3.63) is 65.2 Å². The molecule has 24 heavy (non-hydrogen) atoms. The lowest BCUT2D eigenvalue weighted by Crippen LogP contribution is -2.23. The molecule has 0 unspecified atom stereocenters. The second kappa shape index (κ2) is 8.08. The van der Waals surface area contributed by atoms with Crippen molar-refractivity contribution < 1.29 is 13.2 Å². The predicted octanol–water partition coefficient (Wildman–Crippen LogP) is 2.15. The second-order valence-corrected chi connectivity index (χ2v) is 7.50. The summed E-state index contributed by atoms with van der Waals surface area (Å²) in [6, 6.07) is 14.6. The van der Waals surface area contributed by atoms with E-state index in [9.17, 15) is 13.2 Å². The van der Waals surface area contributed by atoms with Gasteiger partial charge < -0.3 is 5.32 Å². The molecule has 0 bridgehead atoms. The normalized spacial score (nSPS) is 11.2. The third-order valence-electron chi connectivity index (χ3n) is 3.75. The van der Waals surface area contributed by atoms with Crippen LogP contribution in [0.15, 0.2) is 53.4 Å². The van der Waals surface area contributed by atoms with Crippen LogP contribution in [0.2, 0.25) is 0 Å². The molecule has 5 nitrogen and oxygen atoms in total. The van der Waals surface area contributed by atoms with E-state index in [4.69, 9.17) is 0 Å². The molecule has 0 aliphatic heterocycles. The Hall–Kier alpha value is -2.18. The van der Waals surface area contributed by atoms with Gasteiger partial charge >= 0.3 is 0 Å². The van der Waals surface area contributed by atoms with Gasteiger partial charge in [-0.2, -0.15) is 0 Å². The van der Waals surface area contributed by atoms with Crippen LogP contribution in [0, 0.1) is 6.92 Å². The highest BCUT2D eigenvalue weighted by atomic mass is 32.2. The maximum absolute atomic E-state index is 11.9. The van der Waals surface area contributed by atoms with Gasteiger partial charge in [-0.3, -0.25) is 4.79 Å². The summed E-state index contributed by atoms with van der Waals surface area (Å²) in [5, 5.41) is 2.89. The number of hydrogen-bond acceptors (Lipinski definition) is 3. The monoisotopic (exact) mass is 346 g/mol. The van der Waals surface area contributed by atoms with Crippen LogP contribution < -0.4 is 10.0 Å². The Balaban J connectivity index is 1.82. The van der Waals surface area contributed by atoms with Gasteiger partial charge in [0.05, 0.1) is 4.90 Å². The zero-order chi connectivity index (χ0) is 17.6. The summed E-state index contributed by atoms with van der Waals surface area (Å²) in [4.78, 5) is 12.1. The second-order valence-electron chi connectivity index (χ2n) is 5.61. The molecule has 0 saturated heterocycles. The van der Waals surface area contributed by atoms with Crippen LogP contribution in [0.4, 0.5) is 0 Å². The summed E-state index contributed by atoms with van der Waals surface area (Å²) in [6.45, 7) is 2.54. The number of sulfonamides is 1. The van der Waals surface area contributed by atoms with Crippen molar-refractivity contribution in [1.29, 1.82) is 0 Å². The molecule has 0 saturated carbocycles. The molecule has 1 amide bonds. The summed E-state index contributed by atoms with van der Waals surface area (Å²) in [5.41, 5.74) is 3.18. The first kappa shape index (κ1) is 18.2. The van der Waals surface area contributed by atoms with E-state index in [0.29, 0.717) is 19.4 Å². The van der Waals surface area contributed by atoms with Crippen LogP contribution in [0.1, 0.15) is 23.1 Å². The number of amides is 1. The smallest absolute Gasteiger partial charge is 0.240 e. The van der Waals surface area contributed by atoms with Crippen LogP contribution in [-0.4, -0.2) is 21.4 Å². The molecule has 0 aliphatic carbocycles. The molecule has 6 heteroatoms. The Bertz CT molecular complexity index is 782. The average molecular weight is 346 g/mol. The molecule has 0 aliphatic rings. The van der Waals surface area contributed by atoms with Gasteiger partial charge in [-0.15, -0.1) is 0 Å². The summed E-state index contributed by atoms with van der Waals surface area (Å²) in [5.74, 6) is -0.0255. The van der Waals surface area contributed by atoms with Crippen molar-refractivity contribution in [2.24, 2.45) is 0 Å². The molecule has 0 spiro atoms. The van der Waals surface area contributed by atoms with Gasteiger partial charge in [-0.25, -0.2) is 13.1 Å². The fourth-order valence-electron chi connectivity index (χ4n) is 2.21. The molecule has 0 atom stereocenters. The summed E-state index contributed by atoms with van der Waals surface area (Å²) in [7, 11) is -2.04. The minimum absolute atomic E-state index is 0.0255. The maximum Gasteiger partial charge on any atom is 0.240 e. The van der Waals surface area contributed by atoms with Crippen LogP contribution in [0.25, 0.3) is 0 Å². The third-order valence-corrected chi connectivity index (χ3v) is 5.18. The molecule has 2 N–H and O–H groups in total. The first-order chi connectivity index (χ1) is 11.4. The lowest BCUT2D eigenvalue weighted by molar-refractivity contribution is -0.121. The van der Waals surface area contributed by atoms with Crippen molar-refractivity contribution in [2.75, 3.05) is 7.05 Å². The third kappa shape index (κ3) is 5.18. The molecule has 128 valence electrons.